The van der Waals surface area contributed by atoms with E-state index in [2.05, 4.69) is 10.4 Å². The van der Waals surface area contributed by atoms with Crippen LogP contribution in [0.15, 0.2) is 30.5 Å². The molecule has 1 N–H and O–H groups in total. The minimum Gasteiger partial charge on any atom is -0.349 e. The quantitative estimate of drug-likeness (QED) is 0.948. The van der Waals surface area contributed by atoms with Gasteiger partial charge in [0.15, 0.2) is 0 Å². The number of nitrogens with zero attached hydrogens (tertiary/aromatic N) is 2. The Balaban J connectivity index is 1.56. The van der Waals surface area contributed by atoms with Crippen LogP contribution in [0.2, 0.25) is 5.15 Å². The van der Waals surface area contributed by atoms with E-state index in [1.54, 1.807) is 19.2 Å². The molecule has 0 saturated heterocycles. The van der Waals surface area contributed by atoms with E-state index in [-0.39, 0.29) is 17.8 Å². The van der Waals surface area contributed by atoms with E-state index in [9.17, 15) is 9.18 Å². The van der Waals surface area contributed by atoms with Gasteiger partial charge in [0, 0.05) is 13.1 Å². The molecule has 0 bridgehead atoms. The second-order valence-electron chi connectivity index (χ2n) is 5.36. The maximum Gasteiger partial charge on any atom is 0.256 e. The molecule has 0 aliphatic heterocycles. The number of aryl methyl sites for hydroxylation is 1. The van der Waals surface area contributed by atoms with Crippen LogP contribution >= 0.6 is 11.6 Å². The highest BCUT2D eigenvalue weighted by Crippen LogP contribution is 2.37. The van der Waals surface area contributed by atoms with E-state index >= 15 is 0 Å². The molecule has 1 heterocycles. The first-order valence-electron chi connectivity index (χ1n) is 6.78. The van der Waals surface area contributed by atoms with Gasteiger partial charge in [-0.05, 0) is 36.5 Å². The Bertz CT molecular complexity index is 662. The molecule has 21 heavy (non-hydrogen) atoms. The lowest BCUT2D eigenvalue weighted by Gasteiger charge is -2.36. The van der Waals surface area contributed by atoms with Crippen LogP contribution in [0.3, 0.4) is 0 Å². The van der Waals surface area contributed by atoms with Crippen molar-refractivity contribution >= 4 is 17.5 Å². The van der Waals surface area contributed by atoms with E-state index < -0.39 is 0 Å². The smallest absolute Gasteiger partial charge is 0.256 e. The van der Waals surface area contributed by atoms with E-state index in [4.69, 9.17) is 11.6 Å². The highest BCUT2D eigenvalue weighted by atomic mass is 35.5. The Morgan fingerprint density at radius 3 is 2.62 bits per heavy atom. The lowest BCUT2D eigenvalue weighted by atomic mass is 9.76. The third-order valence-electron chi connectivity index (χ3n) is 3.93. The topological polar surface area (TPSA) is 46.9 Å². The van der Waals surface area contributed by atoms with Gasteiger partial charge in [-0.3, -0.25) is 9.48 Å². The average molecular weight is 308 g/mol. The molecule has 4 nitrogen and oxygen atoms in total. The first-order chi connectivity index (χ1) is 10.0. The fourth-order valence-electron chi connectivity index (χ4n) is 2.58. The highest BCUT2D eigenvalue weighted by Gasteiger charge is 2.32. The summed E-state index contributed by atoms with van der Waals surface area (Å²) in [6.45, 7) is 0. The van der Waals surface area contributed by atoms with Gasteiger partial charge in [-0.15, -0.1) is 0 Å². The minimum absolute atomic E-state index is 0.129. The summed E-state index contributed by atoms with van der Waals surface area (Å²) >= 11 is 5.99. The fourth-order valence-corrected chi connectivity index (χ4v) is 2.76. The molecule has 110 valence electrons. The predicted octanol–water partition coefficient (Wildman–Crippen LogP) is 2.89. The van der Waals surface area contributed by atoms with E-state index in [0.717, 1.165) is 18.4 Å². The number of amides is 1. The summed E-state index contributed by atoms with van der Waals surface area (Å²) in [5.74, 6) is -0.0509. The van der Waals surface area contributed by atoms with Crippen molar-refractivity contribution in [3.05, 3.63) is 52.6 Å². The van der Waals surface area contributed by atoms with Crippen molar-refractivity contribution in [1.29, 1.82) is 0 Å². The van der Waals surface area contributed by atoms with E-state index in [1.807, 2.05) is 0 Å². The summed E-state index contributed by atoms with van der Waals surface area (Å²) in [6.07, 6.45) is 3.18. The molecular weight excluding hydrogens is 293 g/mol. The molecule has 1 aliphatic carbocycles. The Morgan fingerprint density at radius 2 is 2.05 bits per heavy atom. The van der Waals surface area contributed by atoms with Gasteiger partial charge in [-0.1, -0.05) is 23.7 Å². The van der Waals surface area contributed by atoms with Crippen LogP contribution in [0.1, 0.15) is 34.7 Å². The molecule has 6 heteroatoms. The molecule has 2 aromatic rings. The van der Waals surface area contributed by atoms with Crippen molar-refractivity contribution in [3.63, 3.8) is 0 Å². The van der Waals surface area contributed by atoms with Crippen molar-refractivity contribution in [2.45, 2.75) is 24.8 Å². The monoisotopic (exact) mass is 307 g/mol. The van der Waals surface area contributed by atoms with Gasteiger partial charge >= 0.3 is 0 Å². The Labute approximate surface area is 126 Å². The second-order valence-corrected chi connectivity index (χ2v) is 5.72. The number of nitrogens with one attached hydrogen (secondary N) is 1. The van der Waals surface area contributed by atoms with Crippen LogP contribution in [0, 0.1) is 5.82 Å². The minimum atomic E-state index is -0.228. The number of rotatable bonds is 3. The Kier molecular flexibility index (Phi) is 3.68. The van der Waals surface area contributed by atoms with E-state index in [0.29, 0.717) is 16.6 Å². The zero-order valence-corrected chi connectivity index (χ0v) is 12.3. The Hall–Kier alpha value is -1.88. The Morgan fingerprint density at radius 1 is 1.38 bits per heavy atom. The zero-order chi connectivity index (χ0) is 15.0. The lowest BCUT2D eigenvalue weighted by molar-refractivity contribution is 0.0909. The zero-order valence-electron chi connectivity index (χ0n) is 11.5. The van der Waals surface area contributed by atoms with Crippen molar-refractivity contribution in [2.75, 3.05) is 0 Å². The van der Waals surface area contributed by atoms with Crippen LogP contribution in [0.4, 0.5) is 4.39 Å². The molecule has 0 unspecified atom stereocenters. The first-order valence-corrected chi connectivity index (χ1v) is 7.16. The van der Waals surface area contributed by atoms with Gasteiger partial charge < -0.3 is 5.32 Å². The van der Waals surface area contributed by atoms with Gasteiger partial charge in [-0.25, -0.2) is 4.39 Å². The molecule has 1 aromatic carbocycles. The summed E-state index contributed by atoms with van der Waals surface area (Å²) in [7, 11) is 1.69. The van der Waals surface area contributed by atoms with Crippen LogP contribution in [0.25, 0.3) is 0 Å². The average Bonchev–Trinajstić information content (AvgIpc) is 2.75. The van der Waals surface area contributed by atoms with Crippen LogP contribution in [-0.2, 0) is 7.05 Å². The van der Waals surface area contributed by atoms with Crippen LogP contribution in [-0.4, -0.2) is 21.7 Å². The second kappa shape index (κ2) is 5.48. The molecular formula is C15H15ClFN3O. The standard InChI is InChI=1S/C15H15ClFN3O/c1-20-14(16)13(8-18-20)15(21)19-12-6-10(7-12)9-2-4-11(17)5-3-9/h2-5,8,10,12H,6-7H2,1H3,(H,19,21). The number of benzene rings is 1. The third-order valence-corrected chi connectivity index (χ3v) is 4.37. The number of carbonyl (C=O) groups excluding carboxylic acids is 1. The maximum absolute atomic E-state index is 12.9. The summed E-state index contributed by atoms with van der Waals surface area (Å²) in [5.41, 5.74) is 1.51. The van der Waals surface area contributed by atoms with Crippen LogP contribution in [0.5, 0.6) is 0 Å². The third kappa shape index (κ3) is 2.78. The summed E-state index contributed by atoms with van der Waals surface area (Å²) in [4.78, 5) is 12.1. The number of halogens is 2. The van der Waals surface area contributed by atoms with Crippen molar-refractivity contribution in [2.24, 2.45) is 7.05 Å². The lowest BCUT2D eigenvalue weighted by Crippen LogP contribution is -2.43. The van der Waals surface area contributed by atoms with Crippen LogP contribution < -0.4 is 5.32 Å². The molecule has 3 rings (SSSR count). The van der Waals surface area contributed by atoms with Crippen molar-refractivity contribution in [1.82, 2.24) is 15.1 Å². The fraction of sp³-hybridized carbons (Fsp3) is 0.333. The van der Waals surface area contributed by atoms with Crippen molar-refractivity contribution in [3.8, 4) is 0 Å². The van der Waals surface area contributed by atoms with Gasteiger partial charge in [0.25, 0.3) is 5.91 Å². The molecule has 1 saturated carbocycles. The summed E-state index contributed by atoms with van der Waals surface area (Å²) in [5, 5.41) is 7.23. The van der Waals surface area contributed by atoms with Gasteiger partial charge in [0.05, 0.1) is 11.8 Å². The number of hydrogen-bond donors (Lipinski definition) is 1. The largest absolute Gasteiger partial charge is 0.349 e. The summed E-state index contributed by atoms with van der Waals surface area (Å²) in [6, 6.07) is 6.67. The normalized spacial score (nSPS) is 20.9. The van der Waals surface area contributed by atoms with Crippen molar-refractivity contribution < 1.29 is 9.18 Å². The SMILES string of the molecule is Cn1ncc(C(=O)NC2CC(c3ccc(F)cc3)C2)c1Cl. The van der Waals surface area contributed by atoms with Gasteiger partial charge in [0.2, 0.25) is 0 Å². The number of hydrogen-bond acceptors (Lipinski definition) is 2. The molecule has 1 aliphatic rings. The molecule has 0 radical (unpaired) electrons. The molecule has 0 atom stereocenters. The van der Waals surface area contributed by atoms with Gasteiger partial charge in [0.1, 0.15) is 11.0 Å². The highest BCUT2D eigenvalue weighted by molar-refractivity contribution is 6.32. The molecule has 1 amide bonds. The first kappa shape index (κ1) is 14.1. The van der Waals surface area contributed by atoms with Gasteiger partial charge in [-0.2, -0.15) is 5.10 Å². The molecule has 1 aromatic heterocycles. The van der Waals surface area contributed by atoms with E-state index in [1.165, 1.54) is 23.0 Å². The number of aromatic nitrogens is 2. The molecule has 1 fully saturated rings. The predicted molar refractivity (Wildman–Crippen MR) is 77.8 cm³/mol. The summed E-state index contributed by atoms with van der Waals surface area (Å²) < 4.78 is 14.3. The number of carbonyl (C=O) groups is 1. The maximum atomic E-state index is 12.9. The molecule has 0 spiro atoms.